The molecule has 8 nitrogen and oxygen atoms in total. The van der Waals surface area contributed by atoms with E-state index in [1.165, 1.54) is 33.5 Å². The summed E-state index contributed by atoms with van der Waals surface area (Å²) in [5, 5.41) is 0. The zero-order chi connectivity index (χ0) is 25.2. The van der Waals surface area contributed by atoms with Crippen molar-refractivity contribution in [3.63, 3.8) is 0 Å². The molecule has 0 bridgehead atoms. The van der Waals surface area contributed by atoms with Crippen LogP contribution < -0.4 is 19.9 Å². The number of nitrogens with two attached hydrogens (primary N) is 1. The molecule has 0 spiro atoms. The molecule has 1 aromatic heterocycles. The van der Waals surface area contributed by atoms with Crippen molar-refractivity contribution >= 4 is 21.4 Å². The number of anilines is 1. The lowest BCUT2D eigenvalue weighted by molar-refractivity contribution is 0.103. The maximum atomic E-state index is 13.8. The highest BCUT2D eigenvalue weighted by molar-refractivity contribution is 7.91. The third kappa shape index (κ3) is 4.22. The fourth-order valence-corrected chi connectivity index (χ4v) is 5.48. The average Bonchev–Trinajstić information content (AvgIpc) is 3.26. The van der Waals surface area contributed by atoms with Gasteiger partial charge in [0.1, 0.15) is 10.7 Å². The molecule has 0 unspecified atom stereocenters. The minimum atomic E-state index is -4.12. The molecule has 0 saturated heterocycles. The quantitative estimate of drug-likeness (QED) is 0.351. The molecule has 3 N–H and O–H groups in total. The zero-order valence-electron chi connectivity index (χ0n) is 19.4. The lowest BCUT2D eigenvalue weighted by atomic mass is 9.99. The number of ketones is 1. The summed E-state index contributed by atoms with van der Waals surface area (Å²) in [7, 11) is 0.240. The average molecular weight is 493 g/mol. The van der Waals surface area contributed by atoms with E-state index in [4.69, 9.17) is 19.9 Å². The number of methoxy groups -OCH3 is 3. The standard InChI is InChI=1S/C26H24N2O6S/c1-32-19-14-17(15-20(33-2)24(19)34-3)21-22(23(29)16-10-6-4-7-11-16)28-26(27)25(21)35(30,31)18-12-8-5-9-13-18/h4-15,28H,27H2,1-3H3. The van der Waals surface area contributed by atoms with Gasteiger partial charge in [0.2, 0.25) is 21.4 Å². The summed E-state index contributed by atoms with van der Waals surface area (Å²) in [6.07, 6.45) is 0. The summed E-state index contributed by atoms with van der Waals surface area (Å²) in [6.45, 7) is 0. The Morgan fingerprint density at radius 3 is 1.89 bits per heavy atom. The smallest absolute Gasteiger partial charge is 0.210 e. The molecule has 0 atom stereocenters. The predicted octanol–water partition coefficient (Wildman–Crippen LogP) is 4.35. The second-order valence-corrected chi connectivity index (χ2v) is 9.43. The molecule has 9 heteroatoms. The topological polar surface area (TPSA) is 121 Å². The summed E-state index contributed by atoms with van der Waals surface area (Å²) in [5.74, 6) is 0.337. The monoisotopic (exact) mass is 492 g/mol. The molecule has 4 rings (SSSR count). The maximum absolute atomic E-state index is 13.8. The zero-order valence-corrected chi connectivity index (χ0v) is 20.2. The number of aromatic amines is 1. The largest absolute Gasteiger partial charge is 0.493 e. The maximum Gasteiger partial charge on any atom is 0.210 e. The van der Waals surface area contributed by atoms with Crippen LogP contribution in [0.5, 0.6) is 17.2 Å². The van der Waals surface area contributed by atoms with Crippen LogP contribution in [0.2, 0.25) is 0 Å². The van der Waals surface area contributed by atoms with E-state index in [1.807, 2.05) is 0 Å². The molecule has 0 radical (unpaired) electrons. The van der Waals surface area contributed by atoms with Crippen molar-refractivity contribution in [1.82, 2.24) is 4.98 Å². The van der Waals surface area contributed by atoms with Crippen molar-refractivity contribution in [3.8, 4) is 28.4 Å². The van der Waals surface area contributed by atoms with Crippen LogP contribution >= 0.6 is 0 Å². The van der Waals surface area contributed by atoms with Crippen LogP contribution in [-0.4, -0.2) is 40.5 Å². The Hall–Kier alpha value is -4.24. The molecule has 0 aliphatic heterocycles. The first-order valence-electron chi connectivity index (χ1n) is 10.5. The van der Waals surface area contributed by atoms with E-state index in [2.05, 4.69) is 4.98 Å². The third-order valence-electron chi connectivity index (χ3n) is 5.52. The second kappa shape index (κ2) is 9.55. The first kappa shape index (κ1) is 23.9. The van der Waals surface area contributed by atoms with Gasteiger partial charge >= 0.3 is 0 Å². The van der Waals surface area contributed by atoms with Gasteiger partial charge in [-0.1, -0.05) is 48.5 Å². The number of rotatable bonds is 8. The van der Waals surface area contributed by atoms with E-state index in [9.17, 15) is 13.2 Å². The van der Waals surface area contributed by atoms with Gasteiger partial charge in [-0.3, -0.25) is 4.79 Å². The summed E-state index contributed by atoms with van der Waals surface area (Å²) in [4.78, 5) is 16.2. The molecule has 35 heavy (non-hydrogen) atoms. The lowest BCUT2D eigenvalue weighted by Gasteiger charge is -2.15. The number of nitrogen functional groups attached to an aromatic ring is 1. The predicted molar refractivity (Wildman–Crippen MR) is 132 cm³/mol. The van der Waals surface area contributed by atoms with E-state index >= 15 is 0 Å². The van der Waals surface area contributed by atoms with Gasteiger partial charge in [-0.15, -0.1) is 0 Å². The minimum Gasteiger partial charge on any atom is -0.493 e. The summed E-state index contributed by atoms with van der Waals surface area (Å²) in [6, 6.07) is 19.6. The molecule has 0 amide bonds. The van der Waals surface area contributed by atoms with Gasteiger partial charge in [0.15, 0.2) is 11.5 Å². The van der Waals surface area contributed by atoms with Gasteiger partial charge in [-0.25, -0.2) is 8.42 Å². The van der Waals surface area contributed by atoms with Crippen LogP contribution in [0.25, 0.3) is 11.1 Å². The normalized spacial score (nSPS) is 11.2. The highest BCUT2D eigenvalue weighted by Crippen LogP contribution is 2.46. The van der Waals surface area contributed by atoms with Crippen LogP contribution in [-0.2, 0) is 9.84 Å². The number of hydrogen-bond donors (Lipinski definition) is 2. The third-order valence-corrected chi connectivity index (χ3v) is 7.37. The highest BCUT2D eigenvalue weighted by atomic mass is 32.2. The summed E-state index contributed by atoms with van der Waals surface area (Å²) in [5.41, 5.74) is 7.09. The number of aromatic nitrogens is 1. The number of ether oxygens (including phenoxy) is 3. The fourth-order valence-electron chi connectivity index (χ4n) is 3.90. The number of benzene rings is 3. The number of hydrogen-bond acceptors (Lipinski definition) is 7. The van der Waals surface area contributed by atoms with Crippen LogP contribution in [0.3, 0.4) is 0 Å². The van der Waals surface area contributed by atoms with Gasteiger partial charge in [0.05, 0.1) is 31.9 Å². The lowest BCUT2D eigenvalue weighted by Crippen LogP contribution is -2.07. The molecule has 3 aromatic carbocycles. The molecule has 0 aliphatic carbocycles. The van der Waals surface area contributed by atoms with Crippen molar-refractivity contribution in [1.29, 1.82) is 0 Å². The van der Waals surface area contributed by atoms with E-state index in [0.29, 0.717) is 28.4 Å². The first-order valence-corrected chi connectivity index (χ1v) is 12.0. The van der Waals surface area contributed by atoms with E-state index in [0.717, 1.165) is 0 Å². The molecule has 0 aliphatic rings. The van der Waals surface area contributed by atoms with E-state index in [-0.39, 0.29) is 26.9 Å². The number of nitrogens with one attached hydrogen (secondary N) is 1. The molecule has 4 aromatic rings. The fraction of sp³-hybridized carbons (Fsp3) is 0.115. The van der Waals surface area contributed by atoms with Gasteiger partial charge in [0.25, 0.3) is 0 Å². The molecule has 180 valence electrons. The Kier molecular flexibility index (Phi) is 6.52. The minimum absolute atomic E-state index is 0.0254. The van der Waals surface area contributed by atoms with Crippen molar-refractivity contribution in [2.24, 2.45) is 0 Å². The molecular weight excluding hydrogens is 468 g/mol. The van der Waals surface area contributed by atoms with Gasteiger partial charge in [-0.2, -0.15) is 0 Å². The Balaban J connectivity index is 2.08. The molecule has 0 saturated carbocycles. The van der Waals surface area contributed by atoms with Crippen LogP contribution in [0.15, 0.2) is 82.6 Å². The Bertz CT molecular complexity index is 1450. The van der Waals surface area contributed by atoms with Crippen LogP contribution in [0, 0.1) is 0 Å². The summed E-state index contributed by atoms with van der Waals surface area (Å²) < 4.78 is 43.8. The van der Waals surface area contributed by atoms with Crippen molar-refractivity contribution in [2.45, 2.75) is 9.79 Å². The van der Waals surface area contributed by atoms with E-state index < -0.39 is 15.6 Å². The first-order chi connectivity index (χ1) is 16.8. The summed E-state index contributed by atoms with van der Waals surface area (Å²) >= 11 is 0. The number of sulfone groups is 1. The van der Waals surface area contributed by atoms with Crippen molar-refractivity contribution in [2.75, 3.05) is 27.1 Å². The molecule has 0 fully saturated rings. The van der Waals surface area contributed by atoms with E-state index in [1.54, 1.807) is 60.7 Å². The highest BCUT2D eigenvalue weighted by Gasteiger charge is 2.33. The van der Waals surface area contributed by atoms with Gasteiger partial charge in [-0.05, 0) is 29.8 Å². The second-order valence-electron chi connectivity index (χ2n) is 7.54. The van der Waals surface area contributed by atoms with Crippen molar-refractivity contribution in [3.05, 3.63) is 84.1 Å². The number of carbonyl (C=O) groups excluding carboxylic acids is 1. The van der Waals surface area contributed by atoms with Crippen LogP contribution in [0.4, 0.5) is 5.82 Å². The van der Waals surface area contributed by atoms with Crippen LogP contribution in [0.1, 0.15) is 16.1 Å². The van der Waals surface area contributed by atoms with Gasteiger partial charge < -0.3 is 24.9 Å². The molecular formula is C26H24N2O6S. The Labute approximate surface area is 203 Å². The number of H-pyrrole nitrogens is 1. The van der Waals surface area contributed by atoms with Crippen molar-refractivity contribution < 1.29 is 27.4 Å². The Morgan fingerprint density at radius 2 is 1.37 bits per heavy atom. The SMILES string of the molecule is COc1cc(-c2c(C(=O)c3ccccc3)[nH]c(N)c2S(=O)(=O)c2ccccc2)cc(OC)c1OC. The molecule has 1 heterocycles. The number of carbonyl (C=O) groups is 1. The Morgan fingerprint density at radius 1 is 0.829 bits per heavy atom. The van der Waals surface area contributed by atoms with Gasteiger partial charge in [0, 0.05) is 11.1 Å².